The standard InChI is InChI=1S/C34H38O8S2/c1-40-28-11-19-32(20-12-28)44(38,39)34-23-15-30(16-24-34)42-26-8-6-4-2-3-5-7-25-41-29-13-21-33(22-14-29)43(36,37)31-17-9-27(35)10-18-31/h9-24,35H,2-8,25-26H2,1H3. The highest BCUT2D eigenvalue weighted by Gasteiger charge is 2.18. The summed E-state index contributed by atoms with van der Waals surface area (Å²) in [5, 5.41) is 9.39. The summed E-state index contributed by atoms with van der Waals surface area (Å²) in [7, 11) is -5.71. The average molecular weight is 639 g/mol. The molecule has 0 bridgehead atoms. The van der Waals surface area contributed by atoms with Crippen molar-refractivity contribution in [1.29, 1.82) is 0 Å². The van der Waals surface area contributed by atoms with Crippen LogP contribution in [0.5, 0.6) is 23.0 Å². The first kappa shape index (κ1) is 32.9. The van der Waals surface area contributed by atoms with E-state index in [-0.39, 0.29) is 25.3 Å². The van der Waals surface area contributed by atoms with Crippen LogP contribution in [-0.4, -0.2) is 42.3 Å². The minimum absolute atomic E-state index is 0.0153. The van der Waals surface area contributed by atoms with Crippen molar-refractivity contribution < 1.29 is 36.2 Å². The van der Waals surface area contributed by atoms with E-state index >= 15 is 0 Å². The maximum absolute atomic E-state index is 12.8. The lowest BCUT2D eigenvalue weighted by Gasteiger charge is -2.09. The second-order valence-electron chi connectivity index (χ2n) is 10.3. The number of hydrogen-bond acceptors (Lipinski definition) is 8. The third kappa shape index (κ3) is 9.00. The maximum atomic E-state index is 12.8. The number of phenols is 1. The van der Waals surface area contributed by atoms with Crippen LogP contribution in [0.15, 0.2) is 117 Å². The number of ether oxygens (including phenoxy) is 3. The summed E-state index contributed by atoms with van der Waals surface area (Å²) < 4.78 is 67.7. The van der Waals surface area contributed by atoms with E-state index in [1.165, 1.54) is 55.6 Å². The number of rotatable bonds is 17. The van der Waals surface area contributed by atoms with Gasteiger partial charge in [0.25, 0.3) is 0 Å². The molecule has 8 nitrogen and oxygen atoms in total. The number of phenolic OH excluding ortho intramolecular Hbond substituents is 1. The summed E-state index contributed by atoms with van der Waals surface area (Å²) in [5.41, 5.74) is 0. The molecule has 0 fully saturated rings. The van der Waals surface area contributed by atoms with Crippen molar-refractivity contribution in [2.75, 3.05) is 20.3 Å². The lowest BCUT2D eigenvalue weighted by Crippen LogP contribution is -2.02. The second-order valence-corrected chi connectivity index (χ2v) is 14.2. The van der Waals surface area contributed by atoms with Crippen molar-refractivity contribution in [1.82, 2.24) is 0 Å². The Balaban J connectivity index is 1.05. The Morgan fingerprint density at radius 1 is 0.455 bits per heavy atom. The molecule has 0 spiro atoms. The fourth-order valence-electron chi connectivity index (χ4n) is 4.55. The average Bonchev–Trinajstić information content (AvgIpc) is 3.04. The third-order valence-electron chi connectivity index (χ3n) is 7.11. The van der Waals surface area contributed by atoms with Crippen LogP contribution < -0.4 is 14.2 Å². The first-order chi connectivity index (χ1) is 21.2. The van der Waals surface area contributed by atoms with E-state index in [2.05, 4.69) is 0 Å². The fraction of sp³-hybridized carbons (Fsp3) is 0.294. The Morgan fingerprint density at radius 3 is 1.09 bits per heavy atom. The highest BCUT2D eigenvalue weighted by atomic mass is 32.2. The van der Waals surface area contributed by atoms with Gasteiger partial charge in [0.2, 0.25) is 19.7 Å². The molecule has 0 radical (unpaired) electrons. The molecule has 0 aliphatic rings. The van der Waals surface area contributed by atoms with E-state index < -0.39 is 19.7 Å². The second kappa shape index (κ2) is 15.6. The molecule has 1 N–H and O–H groups in total. The Labute approximate surface area is 260 Å². The molecule has 0 atom stereocenters. The quantitative estimate of drug-likeness (QED) is 0.120. The summed E-state index contributed by atoms with van der Waals surface area (Å²) in [4.78, 5) is 0.737. The predicted molar refractivity (Wildman–Crippen MR) is 168 cm³/mol. The lowest BCUT2D eigenvalue weighted by molar-refractivity contribution is 0.299. The van der Waals surface area contributed by atoms with Gasteiger partial charge in [-0.15, -0.1) is 0 Å². The van der Waals surface area contributed by atoms with Gasteiger partial charge in [0.15, 0.2) is 0 Å². The van der Waals surface area contributed by atoms with Crippen molar-refractivity contribution in [3.63, 3.8) is 0 Å². The monoisotopic (exact) mass is 638 g/mol. The van der Waals surface area contributed by atoms with E-state index in [1.807, 2.05) is 0 Å². The molecule has 0 heterocycles. The number of benzene rings is 4. The molecule has 0 amide bonds. The summed E-state index contributed by atoms with van der Waals surface area (Å²) in [6.07, 6.45) is 7.30. The van der Waals surface area contributed by atoms with Crippen molar-refractivity contribution in [3.8, 4) is 23.0 Å². The molecule has 4 aromatic rings. The molecular weight excluding hydrogens is 601 g/mol. The number of hydrogen-bond donors (Lipinski definition) is 1. The van der Waals surface area contributed by atoms with Gasteiger partial charge >= 0.3 is 0 Å². The minimum atomic E-state index is -3.65. The van der Waals surface area contributed by atoms with Crippen LogP contribution in [0.25, 0.3) is 0 Å². The van der Waals surface area contributed by atoms with Gasteiger partial charge in [-0.3, -0.25) is 0 Å². The summed E-state index contributed by atoms with van der Waals surface area (Å²) >= 11 is 0. The largest absolute Gasteiger partial charge is 0.508 e. The summed E-state index contributed by atoms with van der Waals surface area (Å²) in [6, 6.07) is 24.7. The molecule has 0 aliphatic carbocycles. The van der Waals surface area contributed by atoms with Gasteiger partial charge in [-0.05, 0) is 110 Å². The number of unbranched alkanes of at least 4 members (excludes halogenated alkanes) is 6. The molecule has 0 aliphatic heterocycles. The first-order valence-corrected chi connectivity index (χ1v) is 17.6. The number of aromatic hydroxyl groups is 1. The molecule has 0 aromatic heterocycles. The van der Waals surface area contributed by atoms with Gasteiger partial charge in [0, 0.05) is 0 Å². The molecular formula is C34H38O8S2. The smallest absolute Gasteiger partial charge is 0.206 e. The first-order valence-electron chi connectivity index (χ1n) is 14.6. The maximum Gasteiger partial charge on any atom is 0.206 e. The van der Waals surface area contributed by atoms with Crippen LogP contribution in [-0.2, 0) is 19.7 Å². The van der Waals surface area contributed by atoms with Gasteiger partial charge in [-0.1, -0.05) is 32.1 Å². The zero-order chi connectivity index (χ0) is 31.4. The SMILES string of the molecule is COc1ccc(S(=O)(=O)c2ccc(OCCCCCCCCCOc3ccc(S(=O)(=O)c4ccc(O)cc4)cc3)cc2)cc1. The van der Waals surface area contributed by atoms with Crippen molar-refractivity contribution in [2.45, 2.75) is 64.5 Å². The molecule has 0 saturated heterocycles. The van der Waals surface area contributed by atoms with E-state index in [0.717, 1.165) is 44.9 Å². The normalized spacial score (nSPS) is 11.7. The van der Waals surface area contributed by atoms with Gasteiger partial charge in [-0.2, -0.15) is 0 Å². The molecule has 4 aromatic carbocycles. The van der Waals surface area contributed by atoms with Gasteiger partial charge in [0.1, 0.15) is 23.0 Å². The van der Waals surface area contributed by atoms with E-state index in [1.54, 1.807) is 48.5 Å². The Morgan fingerprint density at radius 2 is 0.750 bits per heavy atom. The van der Waals surface area contributed by atoms with Crippen LogP contribution in [0.4, 0.5) is 0 Å². The van der Waals surface area contributed by atoms with Gasteiger partial charge in [-0.25, -0.2) is 16.8 Å². The predicted octanol–water partition coefficient (Wildman–Crippen LogP) is 7.25. The highest BCUT2D eigenvalue weighted by molar-refractivity contribution is 7.91. The van der Waals surface area contributed by atoms with Crippen LogP contribution in [0, 0.1) is 0 Å². The van der Waals surface area contributed by atoms with Crippen LogP contribution in [0.3, 0.4) is 0 Å². The van der Waals surface area contributed by atoms with E-state index in [0.29, 0.717) is 30.5 Å². The highest BCUT2D eigenvalue weighted by Crippen LogP contribution is 2.26. The van der Waals surface area contributed by atoms with Crippen molar-refractivity contribution in [3.05, 3.63) is 97.1 Å². The van der Waals surface area contributed by atoms with Crippen LogP contribution in [0.1, 0.15) is 44.9 Å². The lowest BCUT2D eigenvalue weighted by atomic mass is 10.1. The molecule has 44 heavy (non-hydrogen) atoms. The molecule has 234 valence electrons. The number of sulfone groups is 2. The Kier molecular flexibility index (Phi) is 11.7. The molecule has 10 heteroatoms. The fourth-order valence-corrected chi connectivity index (χ4v) is 7.07. The number of methoxy groups -OCH3 is 1. The van der Waals surface area contributed by atoms with Crippen molar-refractivity contribution >= 4 is 19.7 Å². The Bertz CT molecular complexity index is 1660. The zero-order valence-electron chi connectivity index (χ0n) is 24.7. The van der Waals surface area contributed by atoms with Gasteiger partial charge < -0.3 is 19.3 Å². The van der Waals surface area contributed by atoms with E-state index in [9.17, 15) is 21.9 Å². The molecule has 0 saturated carbocycles. The third-order valence-corrected chi connectivity index (χ3v) is 10.7. The van der Waals surface area contributed by atoms with Gasteiger partial charge in [0.05, 0.1) is 39.9 Å². The topological polar surface area (TPSA) is 116 Å². The van der Waals surface area contributed by atoms with Crippen LogP contribution >= 0.6 is 0 Å². The zero-order valence-corrected chi connectivity index (χ0v) is 26.4. The van der Waals surface area contributed by atoms with Crippen molar-refractivity contribution in [2.24, 2.45) is 0 Å². The summed E-state index contributed by atoms with van der Waals surface area (Å²) in [6.45, 7) is 1.14. The molecule has 4 rings (SSSR count). The molecule has 0 unspecified atom stereocenters. The summed E-state index contributed by atoms with van der Waals surface area (Å²) in [5.74, 6) is 1.89. The Hall–Kier alpha value is -4.02. The van der Waals surface area contributed by atoms with E-state index in [4.69, 9.17) is 14.2 Å². The minimum Gasteiger partial charge on any atom is -0.508 e. The van der Waals surface area contributed by atoms with Crippen LogP contribution in [0.2, 0.25) is 0 Å².